The number of rotatable bonds is 4. The van der Waals surface area contributed by atoms with Crippen molar-refractivity contribution in [3.05, 3.63) is 22.4 Å². The Bertz CT molecular complexity index is 274. The smallest absolute Gasteiger partial charge is 0.130 e. The number of nitrogens with one attached hydrogen (secondary N) is 1. The van der Waals surface area contributed by atoms with Crippen LogP contribution < -0.4 is 5.32 Å². The van der Waals surface area contributed by atoms with Crippen molar-refractivity contribution in [3.63, 3.8) is 0 Å². The van der Waals surface area contributed by atoms with E-state index in [9.17, 15) is 0 Å². The van der Waals surface area contributed by atoms with Crippen LogP contribution in [0.15, 0.2) is 17.5 Å². The Hall–Kier alpha value is -0.850. The molecular formula is C10H14N2S. The zero-order valence-electron chi connectivity index (χ0n) is 7.95. The van der Waals surface area contributed by atoms with Crippen LogP contribution >= 0.6 is 11.3 Å². The van der Waals surface area contributed by atoms with Gasteiger partial charge in [0.2, 0.25) is 0 Å². The SMILES string of the molecule is CCC(C)NC(C#N)c1cccs1. The van der Waals surface area contributed by atoms with E-state index >= 15 is 0 Å². The summed E-state index contributed by atoms with van der Waals surface area (Å²) in [6, 6.07) is 6.49. The first-order chi connectivity index (χ1) is 6.27. The zero-order chi connectivity index (χ0) is 9.68. The van der Waals surface area contributed by atoms with Gasteiger partial charge in [-0.2, -0.15) is 5.26 Å². The zero-order valence-corrected chi connectivity index (χ0v) is 8.77. The molecule has 1 heterocycles. The van der Waals surface area contributed by atoms with E-state index in [2.05, 4.69) is 25.2 Å². The molecule has 0 aliphatic carbocycles. The van der Waals surface area contributed by atoms with Crippen molar-refractivity contribution in [1.82, 2.24) is 5.32 Å². The summed E-state index contributed by atoms with van der Waals surface area (Å²) < 4.78 is 0. The minimum atomic E-state index is -0.144. The fraction of sp³-hybridized carbons (Fsp3) is 0.500. The van der Waals surface area contributed by atoms with Crippen LogP contribution in [0.2, 0.25) is 0 Å². The van der Waals surface area contributed by atoms with Crippen molar-refractivity contribution in [3.8, 4) is 6.07 Å². The summed E-state index contributed by atoms with van der Waals surface area (Å²) in [5.74, 6) is 0. The second kappa shape index (κ2) is 5.00. The maximum atomic E-state index is 8.94. The maximum absolute atomic E-state index is 8.94. The fourth-order valence-electron chi connectivity index (χ4n) is 1.04. The van der Waals surface area contributed by atoms with Crippen molar-refractivity contribution in [2.75, 3.05) is 0 Å². The molecule has 13 heavy (non-hydrogen) atoms. The lowest BCUT2D eigenvalue weighted by Crippen LogP contribution is -2.28. The lowest BCUT2D eigenvalue weighted by Gasteiger charge is -2.15. The molecule has 2 atom stereocenters. The highest BCUT2D eigenvalue weighted by Gasteiger charge is 2.12. The Kier molecular flexibility index (Phi) is 3.94. The first-order valence-corrected chi connectivity index (χ1v) is 5.35. The topological polar surface area (TPSA) is 35.8 Å². The molecule has 0 aliphatic rings. The number of hydrogen-bond acceptors (Lipinski definition) is 3. The summed E-state index contributed by atoms with van der Waals surface area (Å²) in [4.78, 5) is 1.10. The molecule has 0 amide bonds. The second-order valence-corrected chi connectivity index (χ2v) is 4.03. The Labute approximate surface area is 83.2 Å². The van der Waals surface area contributed by atoms with Crippen molar-refractivity contribution in [2.24, 2.45) is 0 Å². The molecule has 0 saturated carbocycles. The van der Waals surface area contributed by atoms with E-state index in [1.165, 1.54) is 0 Å². The van der Waals surface area contributed by atoms with Gasteiger partial charge in [-0.15, -0.1) is 11.3 Å². The third-order valence-corrected chi connectivity index (χ3v) is 2.96. The normalized spacial score (nSPS) is 14.8. The standard InChI is InChI=1S/C10H14N2S/c1-3-8(2)12-9(7-11)10-5-4-6-13-10/h4-6,8-9,12H,3H2,1-2H3. The van der Waals surface area contributed by atoms with E-state index in [0.29, 0.717) is 6.04 Å². The molecule has 0 aromatic carbocycles. The Morgan fingerprint density at radius 3 is 2.92 bits per heavy atom. The lowest BCUT2D eigenvalue weighted by molar-refractivity contribution is 0.505. The van der Waals surface area contributed by atoms with Crippen LogP contribution in [0.1, 0.15) is 31.2 Å². The summed E-state index contributed by atoms with van der Waals surface area (Å²) in [5.41, 5.74) is 0. The predicted molar refractivity (Wildman–Crippen MR) is 55.6 cm³/mol. The highest BCUT2D eigenvalue weighted by molar-refractivity contribution is 7.10. The van der Waals surface area contributed by atoms with Gasteiger partial charge in [-0.1, -0.05) is 13.0 Å². The maximum Gasteiger partial charge on any atom is 0.130 e. The quantitative estimate of drug-likeness (QED) is 0.800. The van der Waals surface area contributed by atoms with Gasteiger partial charge in [-0.25, -0.2) is 0 Å². The first-order valence-electron chi connectivity index (χ1n) is 4.47. The number of nitrogens with zero attached hydrogens (tertiary/aromatic N) is 1. The highest BCUT2D eigenvalue weighted by atomic mass is 32.1. The Morgan fingerprint density at radius 1 is 1.69 bits per heavy atom. The van der Waals surface area contributed by atoms with Crippen molar-refractivity contribution < 1.29 is 0 Å². The van der Waals surface area contributed by atoms with Gasteiger partial charge >= 0.3 is 0 Å². The first kappa shape index (κ1) is 10.2. The third-order valence-electron chi connectivity index (χ3n) is 2.02. The van der Waals surface area contributed by atoms with Gasteiger partial charge in [-0.3, -0.25) is 5.32 Å². The van der Waals surface area contributed by atoms with E-state index in [4.69, 9.17) is 5.26 Å². The monoisotopic (exact) mass is 194 g/mol. The Morgan fingerprint density at radius 2 is 2.46 bits per heavy atom. The number of thiophene rings is 1. The molecule has 0 saturated heterocycles. The van der Waals surface area contributed by atoms with Crippen LogP contribution in [0.3, 0.4) is 0 Å². The number of nitriles is 1. The van der Waals surface area contributed by atoms with Crippen molar-refractivity contribution >= 4 is 11.3 Å². The van der Waals surface area contributed by atoms with Crippen LogP contribution in [0, 0.1) is 11.3 Å². The van der Waals surface area contributed by atoms with Gasteiger partial charge in [-0.05, 0) is 24.8 Å². The van der Waals surface area contributed by atoms with Crippen LogP contribution in [-0.2, 0) is 0 Å². The van der Waals surface area contributed by atoms with Crippen LogP contribution in [-0.4, -0.2) is 6.04 Å². The van der Waals surface area contributed by atoms with Crippen LogP contribution in [0.5, 0.6) is 0 Å². The van der Waals surface area contributed by atoms with Gasteiger partial charge in [0.15, 0.2) is 0 Å². The predicted octanol–water partition coefficient (Wildman–Crippen LogP) is 2.70. The van der Waals surface area contributed by atoms with Gasteiger partial charge in [0, 0.05) is 10.9 Å². The molecule has 1 aromatic heterocycles. The minimum absolute atomic E-state index is 0.144. The molecule has 0 bridgehead atoms. The van der Waals surface area contributed by atoms with E-state index in [-0.39, 0.29) is 6.04 Å². The summed E-state index contributed by atoms with van der Waals surface area (Å²) >= 11 is 1.62. The van der Waals surface area contributed by atoms with Crippen LogP contribution in [0.25, 0.3) is 0 Å². The summed E-state index contributed by atoms with van der Waals surface area (Å²) in [6.07, 6.45) is 1.05. The molecule has 0 aliphatic heterocycles. The van der Waals surface area contributed by atoms with Gasteiger partial charge in [0.05, 0.1) is 6.07 Å². The molecule has 1 rings (SSSR count). The molecule has 1 N–H and O–H groups in total. The molecule has 0 spiro atoms. The molecule has 1 aromatic rings. The second-order valence-electron chi connectivity index (χ2n) is 3.05. The van der Waals surface area contributed by atoms with Gasteiger partial charge < -0.3 is 0 Å². The highest BCUT2D eigenvalue weighted by Crippen LogP contribution is 2.18. The molecule has 0 fully saturated rings. The summed E-state index contributed by atoms with van der Waals surface area (Å²) in [6.45, 7) is 4.21. The van der Waals surface area contributed by atoms with E-state index in [1.54, 1.807) is 11.3 Å². The van der Waals surface area contributed by atoms with Crippen LogP contribution in [0.4, 0.5) is 0 Å². The molecule has 0 radical (unpaired) electrons. The molecule has 3 heteroatoms. The van der Waals surface area contributed by atoms with Gasteiger partial charge in [0.25, 0.3) is 0 Å². The van der Waals surface area contributed by atoms with E-state index in [1.807, 2.05) is 17.5 Å². The third kappa shape index (κ3) is 2.83. The van der Waals surface area contributed by atoms with E-state index < -0.39 is 0 Å². The average molecular weight is 194 g/mol. The average Bonchev–Trinajstić information content (AvgIpc) is 2.66. The number of hydrogen-bond donors (Lipinski definition) is 1. The van der Waals surface area contributed by atoms with Gasteiger partial charge in [0.1, 0.15) is 6.04 Å². The fourth-order valence-corrected chi connectivity index (χ4v) is 1.77. The molecule has 2 unspecified atom stereocenters. The summed E-state index contributed by atoms with van der Waals surface area (Å²) in [5, 5.41) is 14.2. The minimum Gasteiger partial charge on any atom is -0.295 e. The van der Waals surface area contributed by atoms with Crippen molar-refractivity contribution in [1.29, 1.82) is 5.26 Å². The molecular weight excluding hydrogens is 180 g/mol. The molecule has 70 valence electrons. The molecule has 2 nitrogen and oxygen atoms in total. The Balaban J connectivity index is 2.60. The largest absolute Gasteiger partial charge is 0.295 e. The van der Waals surface area contributed by atoms with Crippen molar-refractivity contribution in [2.45, 2.75) is 32.4 Å². The summed E-state index contributed by atoms with van der Waals surface area (Å²) in [7, 11) is 0. The lowest BCUT2D eigenvalue weighted by atomic mass is 10.2. The van der Waals surface area contributed by atoms with E-state index in [0.717, 1.165) is 11.3 Å².